The van der Waals surface area contributed by atoms with Crippen LogP contribution in [0.15, 0.2) is 0 Å². The summed E-state index contributed by atoms with van der Waals surface area (Å²) in [5.41, 5.74) is 1.77. The first-order valence-electron chi connectivity index (χ1n) is 50.4. The molecule has 3 heterocycles. The maximum atomic E-state index is 3.83. The molecule has 20 fully saturated rings. The van der Waals surface area contributed by atoms with Crippen LogP contribution in [0.1, 0.15) is 391 Å². The molecule has 0 aromatic heterocycles. The summed E-state index contributed by atoms with van der Waals surface area (Å²) >= 11 is 0. The molecule has 3 nitrogen and oxygen atoms in total. The van der Waals surface area contributed by atoms with E-state index >= 15 is 0 Å². The van der Waals surface area contributed by atoms with Gasteiger partial charge in [0.25, 0.3) is 0 Å². The zero-order valence-electron chi connectivity index (χ0n) is 71.8. The van der Waals surface area contributed by atoms with Crippen LogP contribution < -0.4 is 0 Å². The fraction of sp³-hybridized carbons (Fsp3) is 1.00. The summed E-state index contributed by atoms with van der Waals surface area (Å²) in [6, 6.07) is 7.67. The van der Waals surface area contributed by atoms with Crippen molar-refractivity contribution in [1.29, 1.82) is 0 Å². The molecule has 17 aliphatic carbocycles. The lowest BCUT2D eigenvalue weighted by molar-refractivity contribution is -0.157. The van der Waals surface area contributed by atoms with E-state index in [0.717, 1.165) is 232 Å². The van der Waals surface area contributed by atoms with Crippen LogP contribution in [0.4, 0.5) is 0 Å². The minimum Gasteiger partial charge on any atom is -0.295 e. The van der Waals surface area contributed by atoms with E-state index in [1.807, 2.05) is 0 Å². The van der Waals surface area contributed by atoms with Gasteiger partial charge >= 0.3 is 0 Å². The number of nitrogens with zero attached hydrogens (tertiary/aromatic N) is 3. The van der Waals surface area contributed by atoms with Crippen molar-refractivity contribution in [3.05, 3.63) is 0 Å². The predicted octanol–water partition coefficient (Wildman–Crippen LogP) is 27.0. The Morgan fingerprint density at radius 3 is 0.896 bits per heavy atom. The molecular weight excluding hydrogens is 1280 g/mol. The van der Waals surface area contributed by atoms with Crippen LogP contribution in [0.3, 0.4) is 0 Å². The number of rotatable bonds is 7. The molecule has 0 amide bonds. The molecule has 0 spiro atoms. The van der Waals surface area contributed by atoms with Crippen LogP contribution in [0.5, 0.6) is 0 Å². The second kappa shape index (κ2) is 28.9. The highest BCUT2D eigenvalue weighted by molar-refractivity contribution is 6.65. The van der Waals surface area contributed by atoms with Gasteiger partial charge in [0.1, 0.15) is 0 Å². The smallest absolute Gasteiger partial charge is 0.156 e. The Balaban J connectivity index is 0.711. The maximum absolute atomic E-state index is 3.83. The van der Waals surface area contributed by atoms with Gasteiger partial charge in [-0.25, -0.2) is 0 Å². The molecule has 30 unspecified atom stereocenters. The molecule has 0 radical (unpaired) electrons. The maximum Gasteiger partial charge on any atom is 0.156 e. The molecule has 30 atom stereocenters. The molecule has 20 rings (SSSR count). The third kappa shape index (κ3) is 13.1. The number of fused-ring (bicyclic) bond motifs is 7. The summed E-state index contributed by atoms with van der Waals surface area (Å²) in [5, 5.41) is 0. The first-order valence-corrected chi connectivity index (χ1v) is 50.4. The standard InChI is InChI=1S/C102H170BN3/c1-99(2,3)73-47-67-31-33-69-49-75(101(7,8)9)57-84-82(53-71(51-73)94(67)96(69)84)65-39-45-86-90(55-65)104(77-41-35-63(36-42-77)61-23-15-13-16-24-61)92-59-79(106-88-29-21-19-27-80(88)81-28-20-22-30-89(81)106)60-93-98(92)103(86)87-46-40-66(56-91(87)105(93)78-43-37-64(38-44-78)62-25-17-14-18-26-62)83-54-72-52-74(100(4,5)6)48-68-32-34-70-50-76(102(10,11)12)58-85(83)97(70)95(68)72/h61-98H,13-60H2,1-12H3. The van der Waals surface area contributed by atoms with Crippen molar-refractivity contribution in [2.45, 2.75) is 463 Å². The second-order valence-corrected chi connectivity index (χ2v) is 50.6. The summed E-state index contributed by atoms with van der Waals surface area (Å²) in [7, 11) is 0. The third-order valence-electron chi connectivity index (χ3n) is 42.9. The van der Waals surface area contributed by atoms with Gasteiger partial charge in [-0.05, 0) is 386 Å². The van der Waals surface area contributed by atoms with E-state index in [1.54, 1.807) is 257 Å². The van der Waals surface area contributed by atoms with Gasteiger partial charge < -0.3 is 0 Å². The van der Waals surface area contributed by atoms with Crippen LogP contribution in [0.25, 0.3) is 0 Å². The van der Waals surface area contributed by atoms with Gasteiger partial charge in [0.05, 0.1) is 0 Å². The van der Waals surface area contributed by atoms with E-state index in [9.17, 15) is 0 Å². The van der Waals surface area contributed by atoms with Crippen molar-refractivity contribution < 1.29 is 0 Å². The lowest BCUT2D eigenvalue weighted by Gasteiger charge is -2.71. The SMILES string of the molecule is CC(C)(C)C1CC2CCC3CC(C(C)(C)C)CC4C(C5CCC6B7C8CCC(C9CC%10CC(C(C)(C)C)CC%11CCC%12CC(C(C)(C)C)CC9C%12C%11%10)CC8N(C8CCC(C9CCCCC9)CC8)C8CC(N9C%10CCCCC%10C%10CCCCC%109)CC(C78)N(C7CCC(C8CCCCC8)CC7)C6C5)CC(C1)C2C34. The average molecular weight is 1450 g/mol. The van der Waals surface area contributed by atoms with E-state index in [-0.39, 0.29) is 0 Å². The van der Waals surface area contributed by atoms with E-state index in [2.05, 4.69) is 97.8 Å². The van der Waals surface area contributed by atoms with Crippen LogP contribution in [0.2, 0.25) is 17.5 Å². The molecule has 20 aliphatic rings. The topological polar surface area (TPSA) is 9.72 Å². The average Bonchev–Trinajstić information content (AvgIpc) is 0.812. The van der Waals surface area contributed by atoms with Crippen LogP contribution in [0, 0.1) is 176 Å². The molecule has 17 saturated carbocycles. The van der Waals surface area contributed by atoms with E-state index in [1.165, 1.54) is 51.4 Å². The quantitative estimate of drug-likeness (QED) is 0.235. The fourth-order valence-electron chi connectivity index (χ4n) is 38.5. The molecule has 3 saturated heterocycles. The van der Waals surface area contributed by atoms with Crippen molar-refractivity contribution in [1.82, 2.24) is 14.7 Å². The monoisotopic (exact) mass is 1450 g/mol. The summed E-state index contributed by atoms with van der Waals surface area (Å²) in [6.45, 7) is 33.4. The number of hydrogen-bond acceptors (Lipinski definition) is 3. The molecule has 0 aromatic carbocycles. The third-order valence-corrected chi connectivity index (χ3v) is 42.9. The minimum atomic E-state index is 0.436. The van der Waals surface area contributed by atoms with Crippen molar-refractivity contribution >= 4 is 6.71 Å². The second-order valence-electron chi connectivity index (χ2n) is 50.6. The lowest BCUT2D eigenvalue weighted by atomic mass is 9.18. The molecule has 3 aliphatic heterocycles. The van der Waals surface area contributed by atoms with Gasteiger partial charge in [-0.15, -0.1) is 0 Å². The zero-order chi connectivity index (χ0) is 72.2. The molecule has 0 bridgehead atoms. The first kappa shape index (κ1) is 74.7. The van der Waals surface area contributed by atoms with Crippen molar-refractivity contribution in [3.8, 4) is 0 Å². The van der Waals surface area contributed by atoms with E-state index < -0.39 is 0 Å². The first-order chi connectivity index (χ1) is 51.1. The number of hydrogen-bond donors (Lipinski definition) is 0. The summed E-state index contributed by atoms with van der Waals surface area (Å²) in [4.78, 5) is 11.3. The summed E-state index contributed by atoms with van der Waals surface area (Å²) < 4.78 is 0. The van der Waals surface area contributed by atoms with Crippen LogP contribution >= 0.6 is 0 Å². The Kier molecular flexibility index (Phi) is 20.4. The molecule has 596 valence electrons. The van der Waals surface area contributed by atoms with E-state index in [4.69, 9.17) is 0 Å². The zero-order valence-corrected chi connectivity index (χ0v) is 71.8. The van der Waals surface area contributed by atoms with Gasteiger partial charge in [0, 0.05) is 54.4 Å². The lowest BCUT2D eigenvalue weighted by Crippen LogP contribution is -2.76. The Labute approximate surface area is 656 Å². The Morgan fingerprint density at radius 2 is 0.509 bits per heavy atom. The predicted molar refractivity (Wildman–Crippen MR) is 447 cm³/mol. The Bertz CT molecular complexity index is 2790. The highest BCUT2D eigenvalue weighted by Crippen LogP contribution is 2.73. The molecule has 0 N–H and O–H groups in total. The van der Waals surface area contributed by atoms with Gasteiger partial charge in [0.15, 0.2) is 6.71 Å². The number of likely N-dealkylation sites (tertiary alicyclic amines) is 1. The molecule has 4 heteroatoms. The van der Waals surface area contributed by atoms with Gasteiger partial charge in [-0.3, -0.25) is 14.7 Å². The summed E-state index contributed by atoms with van der Waals surface area (Å²) in [6.07, 6.45) is 75.8. The molecule has 0 aromatic rings. The Morgan fingerprint density at radius 1 is 0.198 bits per heavy atom. The van der Waals surface area contributed by atoms with Gasteiger partial charge in [0.2, 0.25) is 0 Å². The fourth-order valence-corrected chi connectivity index (χ4v) is 38.5. The summed E-state index contributed by atoms with van der Waals surface area (Å²) in [5.74, 6) is 29.0. The van der Waals surface area contributed by atoms with Crippen LogP contribution in [-0.4, -0.2) is 75.8 Å². The Hall–Kier alpha value is -0.0551. The minimum absolute atomic E-state index is 0.436. The van der Waals surface area contributed by atoms with Gasteiger partial charge in [-0.2, -0.15) is 0 Å². The van der Waals surface area contributed by atoms with Crippen molar-refractivity contribution in [3.63, 3.8) is 0 Å². The van der Waals surface area contributed by atoms with E-state index in [0.29, 0.717) is 21.7 Å². The largest absolute Gasteiger partial charge is 0.295 e. The normalized spacial score (nSPS) is 52.6. The molecule has 106 heavy (non-hydrogen) atoms. The van der Waals surface area contributed by atoms with Gasteiger partial charge in [-0.1, -0.05) is 199 Å². The highest BCUT2D eigenvalue weighted by atomic mass is 15.3. The highest BCUT2D eigenvalue weighted by Gasteiger charge is 2.70. The van der Waals surface area contributed by atoms with Crippen molar-refractivity contribution in [2.24, 2.45) is 176 Å². The van der Waals surface area contributed by atoms with Crippen LogP contribution in [-0.2, 0) is 0 Å². The van der Waals surface area contributed by atoms with Crippen molar-refractivity contribution in [2.75, 3.05) is 0 Å². The molecular formula is C102H170BN3.